The lowest BCUT2D eigenvalue weighted by Gasteiger charge is -2.27. The zero-order valence-electron chi connectivity index (χ0n) is 17.3. The zero-order valence-corrected chi connectivity index (χ0v) is 17.3. The molecule has 0 heterocycles. The molecule has 0 saturated carbocycles. The van der Waals surface area contributed by atoms with E-state index in [-0.39, 0.29) is 18.6 Å². The average molecular weight is 397 g/mol. The van der Waals surface area contributed by atoms with Crippen molar-refractivity contribution in [1.82, 2.24) is 4.90 Å². The van der Waals surface area contributed by atoms with E-state index in [2.05, 4.69) is 4.74 Å². The quantitative estimate of drug-likeness (QED) is 0.477. The van der Waals surface area contributed by atoms with Gasteiger partial charge in [-0.1, -0.05) is 36.4 Å². The van der Waals surface area contributed by atoms with Gasteiger partial charge in [0.25, 0.3) is 5.91 Å². The Kier molecular flexibility index (Phi) is 8.27. The largest absolute Gasteiger partial charge is 0.493 e. The average Bonchev–Trinajstić information content (AvgIpc) is 2.74. The highest BCUT2D eigenvalue weighted by Gasteiger charge is 2.18. The summed E-state index contributed by atoms with van der Waals surface area (Å²) in [6.07, 6.45) is 2.94. The molecule has 154 valence electrons. The van der Waals surface area contributed by atoms with Crippen LogP contribution >= 0.6 is 0 Å². The summed E-state index contributed by atoms with van der Waals surface area (Å²) in [5, 5.41) is 0. The lowest BCUT2D eigenvalue weighted by molar-refractivity contribution is -0.136. The van der Waals surface area contributed by atoms with Crippen LogP contribution in [0.4, 0.5) is 0 Å². The van der Waals surface area contributed by atoms with Crippen LogP contribution in [0.15, 0.2) is 54.6 Å². The summed E-state index contributed by atoms with van der Waals surface area (Å²) >= 11 is 0. The van der Waals surface area contributed by atoms with Gasteiger partial charge in [0.2, 0.25) is 0 Å². The first kappa shape index (κ1) is 22.0. The Labute approximate surface area is 171 Å². The van der Waals surface area contributed by atoms with Crippen LogP contribution < -0.4 is 9.47 Å². The lowest BCUT2D eigenvalue weighted by atomic mass is 10.2. The number of esters is 1. The monoisotopic (exact) mass is 397 g/mol. The molecule has 0 saturated heterocycles. The fourth-order valence-electron chi connectivity index (χ4n) is 2.70. The second-order valence-electron chi connectivity index (χ2n) is 6.66. The number of rotatable bonds is 9. The van der Waals surface area contributed by atoms with Gasteiger partial charge < -0.3 is 19.1 Å². The van der Waals surface area contributed by atoms with E-state index in [1.54, 1.807) is 29.2 Å². The molecule has 2 aromatic carbocycles. The molecule has 0 aliphatic carbocycles. The topological polar surface area (TPSA) is 65.1 Å². The lowest BCUT2D eigenvalue weighted by Crippen LogP contribution is -2.39. The van der Waals surface area contributed by atoms with Crippen molar-refractivity contribution in [3.8, 4) is 11.5 Å². The zero-order chi connectivity index (χ0) is 21.2. The molecular weight excluding hydrogens is 370 g/mol. The van der Waals surface area contributed by atoms with Gasteiger partial charge in [-0.05, 0) is 43.2 Å². The number of carbonyl (C=O) groups is 2. The van der Waals surface area contributed by atoms with Gasteiger partial charge in [0.05, 0.1) is 14.2 Å². The summed E-state index contributed by atoms with van der Waals surface area (Å²) in [7, 11) is 2.84. The summed E-state index contributed by atoms with van der Waals surface area (Å²) in [4.78, 5) is 25.7. The van der Waals surface area contributed by atoms with E-state index < -0.39 is 5.97 Å². The van der Waals surface area contributed by atoms with E-state index in [0.717, 1.165) is 11.1 Å². The molecule has 0 aliphatic rings. The van der Waals surface area contributed by atoms with Crippen molar-refractivity contribution in [2.75, 3.05) is 20.8 Å². The van der Waals surface area contributed by atoms with Crippen LogP contribution in [0.2, 0.25) is 0 Å². The summed E-state index contributed by atoms with van der Waals surface area (Å²) in [5.74, 6) is 0.381. The molecule has 0 N–H and O–H groups in total. The SMILES string of the molecule is COC(=O)/C=C/c1ccc(OCC(=O)N(Cc2ccccc2)C(C)C)c(OC)c1. The number of benzene rings is 2. The van der Waals surface area contributed by atoms with Crippen molar-refractivity contribution in [3.63, 3.8) is 0 Å². The van der Waals surface area contributed by atoms with Gasteiger partial charge in [-0.3, -0.25) is 4.79 Å². The van der Waals surface area contributed by atoms with Crippen molar-refractivity contribution in [2.45, 2.75) is 26.4 Å². The number of hydrogen-bond donors (Lipinski definition) is 0. The maximum absolute atomic E-state index is 12.7. The number of carbonyl (C=O) groups excluding carboxylic acids is 2. The number of methoxy groups -OCH3 is 2. The van der Waals surface area contributed by atoms with Crippen LogP contribution in [-0.2, 0) is 20.9 Å². The summed E-state index contributed by atoms with van der Waals surface area (Å²) in [6.45, 7) is 4.38. The number of nitrogens with zero attached hydrogens (tertiary/aromatic N) is 1. The van der Waals surface area contributed by atoms with E-state index in [0.29, 0.717) is 18.0 Å². The summed E-state index contributed by atoms with van der Waals surface area (Å²) in [6, 6.07) is 15.1. The third kappa shape index (κ3) is 6.68. The molecule has 29 heavy (non-hydrogen) atoms. The molecule has 0 atom stereocenters. The number of ether oxygens (including phenoxy) is 3. The highest BCUT2D eigenvalue weighted by atomic mass is 16.5. The summed E-state index contributed by atoms with van der Waals surface area (Å²) < 4.78 is 15.7. The van der Waals surface area contributed by atoms with E-state index in [9.17, 15) is 9.59 Å². The van der Waals surface area contributed by atoms with Gasteiger partial charge in [0.1, 0.15) is 0 Å². The highest BCUT2D eigenvalue weighted by Crippen LogP contribution is 2.28. The second-order valence-corrected chi connectivity index (χ2v) is 6.66. The minimum absolute atomic E-state index is 0.0408. The Bertz CT molecular complexity index is 846. The Morgan fingerprint density at radius 1 is 1.03 bits per heavy atom. The van der Waals surface area contributed by atoms with Crippen LogP contribution in [0, 0.1) is 0 Å². The van der Waals surface area contributed by atoms with Crippen molar-refractivity contribution in [1.29, 1.82) is 0 Å². The smallest absolute Gasteiger partial charge is 0.330 e. The van der Waals surface area contributed by atoms with Crippen LogP contribution in [0.25, 0.3) is 6.08 Å². The van der Waals surface area contributed by atoms with Crippen molar-refractivity contribution < 1.29 is 23.8 Å². The highest BCUT2D eigenvalue weighted by molar-refractivity contribution is 5.87. The maximum Gasteiger partial charge on any atom is 0.330 e. The molecule has 0 spiro atoms. The van der Waals surface area contributed by atoms with Crippen LogP contribution in [0.5, 0.6) is 11.5 Å². The van der Waals surface area contributed by atoms with Crippen LogP contribution in [0.1, 0.15) is 25.0 Å². The van der Waals surface area contributed by atoms with Gasteiger partial charge in [-0.15, -0.1) is 0 Å². The van der Waals surface area contributed by atoms with Gasteiger partial charge in [0.15, 0.2) is 18.1 Å². The van der Waals surface area contributed by atoms with Crippen LogP contribution in [-0.4, -0.2) is 43.6 Å². The summed E-state index contributed by atoms with van der Waals surface area (Å²) in [5.41, 5.74) is 1.81. The Morgan fingerprint density at radius 2 is 1.76 bits per heavy atom. The number of amides is 1. The minimum Gasteiger partial charge on any atom is -0.493 e. The predicted molar refractivity (Wildman–Crippen MR) is 112 cm³/mol. The standard InChI is InChI=1S/C23H27NO5/c1-17(2)24(15-19-8-6-5-7-9-19)22(25)16-29-20-12-10-18(14-21(20)27-3)11-13-23(26)28-4/h5-14,17H,15-16H2,1-4H3/b13-11+. The van der Waals surface area contributed by atoms with E-state index >= 15 is 0 Å². The van der Waals surface area contributed by atoms with Gasteiger partial charge >= 0.3 is 5.97 Å². The molecular formula is C23H27NO5. The Hall–Kier alpha value is -3.28. The third-order valence-corrected chi connectivity index (χ3v) is 4.29. The van der Waals surface area contributed by atoms with Crippen LogP contribution in [0.3, 0.4) is 0 Å². The fraction of sp³-hybridized carbons (Fsp3) is 0.304. The third-order valence-electron chi connectivity index (χ3n) is 4.29. The second kappa shape index (κ2) is 10.9. The molecule has 0 aliphatic heterocycles. The molecule has 0 unspecified atom stereocenters. The molecule has 0 aromatic heterocycles. The maximum atomic E-state index is 12.7. The van der Waals surface area contributed by atoms with Gasteiger partial charge in [-0.2, -0.15) is 0 Å². The molecule has 0 radical (unpaired) electrons. The van der Waals surface area contributed by atoms with E-state index in [4.69, 9.17) is 9.47 Å². The molecule has 6 heteroatoms. The molecule has 0 bridgehead atoms. The minimum atomic E-state index is -0.443. The van der Waals surface area contributed by atoms with Gasteiger partial charge in [0, 0.05) is 18.7 Å². The Morgan fingerprint density at radius 3 is 2.38 bits per heavy atom. The van der Waals surface area contributed by atoms with E-state index in [1.807, 2.05) is 44.2 Å². The number of hydrogen-bond acceptors (Lipinski definition) is 5. The molecule has 1 amide bonds. The van der Waals surface area contributed by atoms with Gasteiger partial charge in [-0.25, -0.2) is 4.79 Å². The molecule has 2 aromatic rings. The first-order valence-corrected chi connectivity index (χ1v) is 9.35. The van der Waals surface area contributed by atoms with E-state index in [1.165, 1.54) is 20.3 Å². The van der Waals surface area contributed by atoms with Crippen molar-refractivity contribution in [3.05, 3.63) is 65.7 Å². The van der Waals surface area contributed by atoms with Crippen molar-refractivity contribution >= 4 is 18.0 Å². The predicted octanol–water partition coefficient (Wildman–Crippen LogP) is 3.70. The fourth-order valence-corrected chi connectivity index (χ4v) is 2.70. The first-order valence-electron chi connectivity index (χ1n) is 9.35. The van der Waals surface area contributed by atoms with Crippen molar-refractivity contribution in [2.24, 2.45) is 0 Å². The molecule has 6 nitrogen and oxygen atoms in total. The normalized spacial score (nSPS) is 10.8. The Balaban J connectivity index is 2.05. The molecule has 0 fully saturated rings. The first-order chi connectivity index (χ1) is 13.9. The molecule has 2 rings (SSSR count).